The summed E-state index contributed by atoms with van der Waals surface area (Å²) in [5.41, 5.74) is 0. The molecule has 1 aromatic rings. The summed E-state index contributed by atoms with van der Waals surface area (Å²) >= 11 is 0. The van der Waals surface area contributed by atoms with Crippen molar-refractivity contribution < 1.29 is 23.1 Å². The van der Waals surface area contributed by atoms with E-state index in [2.05, 4.69) is 0 Å². The number of sulfonamides is 1. The first-order valence-electron chi connectivity index (χ1n) is 8.96. The van der Waals surface area contributed by atoms with Crippen molar-refractivity contribution in [2.45, 2.75) is 30.6 Å². The van der Waals surface area contributed by atoms with E-state index in [0.717, 1.165) is 6.42 Å². The van der Waals surface area contributed by atoms with Gasteiger partial charge < -0.3 is 10.0 Å². The molecular formula is C18H24N2O5S. The van der Waals surface area contributed by atoms with E-state index in [1.807, 2.05) is 0 Å². The molecule has 142 valence electrons. The van der Waals surface area contributed by atoms with Gasteiger partial charge in [-0.25, -0.2) is 8.42 Å². The van der Waals surface area contributed by atoms with Gasteiger partial charge in [0.2, 0.25) is 15.9 Å². The van der Waals surface area contributed by atoms with Crippen molar-refractivity contribution in [3.63, 3.8) is 0 Å². The molecule has 2 atom stereocenters. The first-order chi connectivity index (χ1) is 12.4. The van der Waals surface area contributed by atoms with Crippen LogP contribution in [0.15, 0.2) is 35.2 Å². The minimum Gasteiger partial charge on any atom is -0.481 e. The second-order valence-corrected chi connectivity index (χ2v) is 8.88. The van der Waals surface area contributed by atoms with Gasteiger partial charge in [-0.1, -0.05) is 24.6 Å². The smallest absolute Gasteiger partial charge is 0.306 e. The number of hydrogen-bond donors (Lipinski definition) is 1. The molecule has 2 unspecified atom stereocenters. The molecule has 0 spiro atoms. The molecule has 2 fully saturated rings. The van der Waals surface area contributed by atoms with Gasteiger partial charge in [0, 0.05) is 32.1 Å². The summed E-state index contributed by atoms with van der Waals surface area (Å²) in [6.45, 7) is 1.22. The molecule has 7 nitrogen and oxygen atoms in total. The number of carboxylic acid groups (broad SMARTS) is 1. The van der Waals surface area contributed by atoms with Crippen LogP contribution in [0.2, 0.25) is 0 Å². The van der Waals surface area contributed by atoms with Crippen LogP contribution in [-0.4, -0.2) is 60.8 Å². The maximum Gasteiger partial charge on any atom is 0.306 e. The lowest BCUT2D eigenvalue weighted by Crippen LogP contribution is -2.52. The second-order valence-electron chi connectivity index (χ2n) is 6.94. The standard InChI is InChI=1S/C18H24N2O5S/c21-17(14-5-4-6-15(13-14)18(22)23)19-9-11-20(12-10-19)26(24,25)16-7-2-1-3-8-16/h1-3,7-8,14-15H,4-6,9-13H2,(H,22,23). The van der Waals surface area contributed by atoms with Gasteiger partial charge in [0.25, 0.3) is 0 Å². The van der Waals surface area contributed by atoms with Gasteiger partial charge >= 0.3 is 5.97 Å². The lowest BCUT2D eigenvalue weighted by atomic mass is 9.80. The van der Waals surface area contributed by atoms with Crippen LogP contribution >= 0.6 is 0 Å². The summed E-state index contributed by atoms with van der Waals surface area (Å²) in [4.78, 5) is 25.8. The average Bonchev–Trinajstić information content (AvgIpc) is 2.68. The number of carboxylic acids is 1. The van der Waals surface area contributed by atoms with Crippen molar-refractivity contribution in [2.24, 2.45) is 11.8 Å². The summed E-state index contributed by atoms with van der Waals surface area (Å²) in [6.07, 6.45) is 2.47. The molecule has 1 aliphatic heterocycles. The number of aliphatic carboxylic acids is 1. The van der Waals surface area contributed by atoms with Crippen LogP contribution in [0.25, 0.3) is 0 Å². The number of piperazine rings is 1. The van der Waals surface area contributed by atoms with E-state index >= 15 is 0 Å². The lowest BCUT2D eigenvalue weighted by molar-refractivity contribution is -0.145. The molecule has 1 aliphatic carbocycles. The summed E-state index contributed by atoms with van der Waals surface area (Å²) in [7, 11) is -3.54. The molecule has 0 aromatic heterocycles. The average molecular weight is 380 g/mol. The molecule has 1 amide bonds. The van der Waals surface area contributed by atoms with Gasteiger partial charge in [-0.3, -0.25) is 9.59 Å². The topological polar surface area (TPSA) is 95.0 Å². The summed E-state index contributed by atoms with van der Waals surface area (Å²) in [5.74, 6) is -1.58. The van der Waals surface area contributed by atoms with Crippen molar-refractivity contribution in [3.05, 3.63) is 30.3 Å². The maximum absolute atomic E-state index is 12.7. The Hall–Kier alpha value is -1.93. The van der Waals surface area contributed by atoms with Crippen LogP contribution in [-0.2, 0) is 19.6 Å². The van der Waals surface area contributed by atoms with E-state index in [-0.39, 0.29) is 29.8 Å². The first kappa shape index (κ1) is 18.8. The highest BCUT2D eigenvalue weighted by Crippen LogP contribution is 2.31. The Bertz CT molecular complexity index is 757. The molecule has 1 aromatic carbocycles. The van der Waals surface area contributed by atoms with Gasteiger partial charge in [0.15, 0.2) is 0 Å². The van der Waals surface area contributed by atoms with Crippen LogP contribution in [0.5, 0.6) is 0 Å². The van der Waals surface area contributed by atoms with E-state index in [1.54, 1.807) is 35.2 Å². The molecule has 2 aliphatic rings. The normalized spacial score (nSPS) is 25.0. The molecule has 1 N–H and O–H groups in total. The summed E-state index contributed by atoms with van der Waals surface area (Å²) < 4.78 is 26.7. The largest absolute Gasteiger partial charge is 0.481 e. The summed E-state index contributed by atoms with van der Waals surface area (Å²) in [6, 6.07) is 8.29. The van der Waals surface area contributed by atoms with Crippen LogP contribution in [0, 0.1) is 11.8 Å². The molecule has 1 heterocycles. The van der Waals surface area contributed by atoms with Crippen LogP contribution < -0.4 is 0 Å². The number of carbonyl (C=O) groups excluding carboxylic acids is 1. The fraction of sp³-hybridized carbons (Fsp3) is 0.556. The Morgan fingerprint density at radius 3 is 2.19 bits per heavy atom. The second kappa shape index (κ2) is 7.75. The number of amides is 1. The predicted octanol–water partition coefficient (Wildman–Crippen LogP) is 1.41. The Kier molecular flexibility index (Phi) is 5.62. The first-order valence-corrected chi connectivity index (χ1v) is 10.4. The Balaban J connectivity index is 1.60. The molecule has 8 heteroatoms. The number of nitrogens with zero attached hydrogens (tertiary/aromatic N) is 2. The van der Waals surface area contributed by atoms with Crippen molar-refractivity contribution >= 4 is 21.9 Å². The van der Waals surface area contributed by atoms with Crippen LogP contribution in [0.4, 0.5) is 0 Å². The maximum atomic E-state index is 12.7. The molecule has 26 heavy (non-hydrogen) atoms. The van der Waals surface area contributed by atoms with Gasteiger partial charge in [-0.2, -0.15) is 4.31 Å². The van der Waals surface area contributed by atoms with Crippen molar-refractivity contribution in [1.29, 1.82) is 0 Å². The third-order valence-corrected chi connectivity index (χ3v) is 7.22. The van der Waals surface area contributed by atoms with Crippen molar-refractivity contribution in [3.8, 4) is 0 Å². The molecular weight excluding hydrogens is 356 g/mol. The highest BCUT2D eigenvalue weighted by Gasteiger charge is 2.36. The van der Waals surface area contributed by atoms with Gasteiger partial charge in [-0.05, 0) is 31.4 Å². The van der Waals surface area contributed by atoms with Gasteiger partial charge in [0.1, 0.15) is 0 Å². The fourth-order valence-corrected chi connectivity index (χ4v) is 5.23. The van der Waals surface area contributed by atoms with E-state index in [0.29, 0.717) is 32.4 Å². The van der Waals surface area contributed by atoms with Crippen molar-refractivity contribution in [2.75, 3.05) is 26.2 Å². The van der Waals surface area contributed by atoms with Gasteiger partial charge in [-0.15, -0.1) is 0 Å². The summed E-state index contributed by atoms with van der Waals surface area (Å²) in [5, 5.41) is 9.18. The number of carbonyl (C=O) groups is 2. The van der Waals surface area contributed by atoms with Crippen molar-refractivity contribution in [1.82, 2.24) is 9.21 Å². The Morgan fingerprint density at radius 1 is 0.962 bits per heavy atom. The van der Waals surface area contributed by atoms with Crippen LogP contribution in [0.1, 0.15) is 25.7 Å². The fourth-order valence-electron chi connectivity index (χ4n) is 3.79. The lowest BCUT2D eigenvalue weighted by Gasteiger charge is -2.37. The molecule has 1 saturated heterocycles. The Labute approximate surface area is 153 Å². The van der Waals surface area contributed by atoms with E-state index in [1.165, 1.54) is 4.31 Å². The minimum absolute atomic E-state index is 0.0345. The zero-order valence-corrected chi connectivity index (χ0v) is 15.4. The number of benzene rings is 1. The minimum atomic E-state index is -3.54. The monoisotopic (exact) mass is 380 g/mol. The Morgan fingerprint density at radius 2 is 1.58 bits per heavy atom. The zero-order valence-electron chi connectivity index (χ0n) is 14.6. The predicted molar refractivity (Wildman–Crippen MR) is 94.9 cm³/mol. The highest BCUT2D eigenvalue weighted by molar-refractivity contribution is 7.89. The SMILES string of the molecule is O=C(O)C1CCCC(C(=O)N2CCN(S(=O)(=O)c3ccccc3)CC2)C1. The van der Waals surface area contributed by atoms with E-state index < -0.39 is 21.9 Å². The number of hydrogen-bond acceptors (Lipinski definition) is 4. The van der Waals surface area contributed by atoms with Crippen LogP contribution in [0.3, 0.4) is 0 Å². The molecule has 1 saturated carbocycles. The molecule has 0 radical (unpaired) electrons. The third kappa shape index (κ3) is 3.91. The highest BCUT2D eigenvalue weighted by atomic mass is 32.2. The van der Waals surface area contributed by atoms with Gasteiger partial charge in [0.05, 0.1) is 10.8 Å². The zero-order chi connectivity index (χ0) is 18.7. The quantitative estimate of drug-likeness (QED) is 0.852. The number of rotatable bonds is 4. The third-order valence-electron chi connectivity index (χ3n) is 5.30. The van der Waals surface area contributed by atoms with E-state index in [4.69, 9.17) is 0 Å². The van der Waals surface area contributed by atoms with E-state index in [9.17, 15) is 23.1 Å². The molecule has 3 rings (SSSR count). The molecule has 0 bridgehead atoms.